The van der Waals surface area contributed by atoms with E-state index in [1.165, 1.54) is 42.2 Å². The predicted molar refractivity (Wildman–Crippen MR) is 121 cm³/mol. The van der Waals surface area contributed by atoms with Crippen molar-refractivity contribution in [2.45, 2.75) is 37.6 Å². The summed E-state index contributed by atoms with van der Waals surface area (Å²) in [6.45, 7) is 4.06. The van der Waals surface area contributed by atoms with Crippen molar-refractivity contribution in [1.29, 1.82) is 0 Å². The van der Waals surface area contributed by atoms with Crippen molar-refractivity contribution in [2.75, 3.05) is 12.4 Å². The lowest BCUT2D eigenvalue weighted by Crippen LogP contribution is -2.26. The number of hydrogen-bond donors (Lipinski definition) is 2. The van der Waals surface area contributed by atoms with Gasteiger partial charge in [0, 0.05) is 22.5 Å². The molecule has 0 spiro atoms. The van der Waals surface area contributed by atoms with Crippen LogP contribution in [0, 0.1) is 13.8 Å². The molecule has 2 aromatic carbocycles. The fourth-order valence-corrected chi connectivity index (χ4v) is 5.44. The summed E-state index contributed by atoms with van der Waals surface area (Å²) in [6, 6.07) is 10.4. The SMILES string of the molecule is COc1ccc(C(=O)Nc2nc(-c3ccc(C)cc3C)cs2)cc1S(=O)(=O)NC1CC1. The van der Waals surface area contributed by atoms with E-state index in [9.17, 15) is 13.2 Å². The summed E-state index contributed by atoms with van der Waals surface area (Å²) in [5.41, 5.74) is 4.28. The molecule has 0 unspecified atom stereocenters. The van der Waals surface area contributed by atoms with Gasteiger partial charge in [0.1, 0.15) is 10.6 Å². The molecule has 1 amide bonds. The van der Waals surface area contributed by atoms with Gasteiger partial charge >= 0.3 is 0 Å². The molecular formula is C22H23N3O4S2. The Morgan fingerprint density at radius 3 is 2.61 bits per heavy atom. The molecule has 1 heterocycles. The van der Waals surface area contributed by atoms with Crippen LogP contribution in [-0.2, 0) is 10.0 Å². The number of hydrogen-bond acceptors (Lipinski definition) is 6. The van der Waals surface area contributed by atoms with Crippen molar-refractivity contribution in [1.82, 2.24) is 9.71 Å². The summed E-state index contributed by atoms with van der Waals surface area (Å²) in [7, 11) is -2.38. The number of aromatic nitrogens is 1. The van der Waals surface area contributed by atoms with Crippen LogP contribution >= 0.6 is 11.3 Å². The number of thiazole rings is 1. The number of nitrogens with zero attached hydrogens (tertiary/aromatic N) is 1. The van der Waals surface area contributed by atoms with E-state index in [0.29, 0.717) is 5.13 Å². The van der Waals surface area contributed by atoms with Gasteiger partial charge in [0.25, 0.3) is 5.91 Å². The third-order valence-corrected chi connectivity index (χ3v) is 7.30. The monoisotopic (exact) mass is 457 g/mol. The number of aryl methyl sites for hydroxylation is 2. The molecule has 7 nitrogen and oxygen atoms in total. The van der Waals surface area contributed by atoms with Crippen molar-refractivity contribution in [3.05, 3.63) is 58.5 Å². The Labute approximate surface area is 185 Å². The highest BCUT2D eigenvalue weighted by molar-refractivity contribution is 7.89. The quantitative estimate of drug-likeness (QED) is 0.556. The molecule has 0 bridgehead atoms. The Kier molecular flexibility index (Phi) is 5.83. The minimum absolute atomic E-state index is 0.0499. The maximum absolute atomic E-state index is 12.8. The van der Waals surface area contributed by atoms with Gasteiger partial charge in [-0.05, 0) is 50.5 Å². The number of amides is 1. The molecule has 9 heteroatoms. The highest BCUT2D eigenvalue weighted by atomic mass is 32.2. The van der Waals surface area contributed by atoms with E-state index in [1.54, 1.807) is 0 Å². The first-order valence-electron chi connectivity index (χ1n) is 9.82. The standard InChI is InChI=1S/C22H23N3O4S2/c1-13-4-8-17(14(2)10-13)18-12-30-22(23-18)24-21(26)15-5-9-19(29-3)20(11-15)31(27,28)25-16-6-7-16/h4-5,8-12,16,25H,6-7H2,1-3H3,(H,23,24,26). The second kappa shape index (κ2) is 8.41. The smallest absolute Gasteiger partial charge is 0.257 e. The maximum Gasteiger partial charge on any atom is 0.257 e. The molecular weight excluding hydrogens is 434 g/mol. The lowest BCUT2D eigenvalue weighted by Gasteiger charge is -2.12. The number of carbonyl (C=O) groups is 1. The van der Waals surface area contributed by atoms with Gasteiger partial charge in [0.2, 0.25) is 10.0 Å². The lowest BCUT2D eigenvalue weighted by atomic mass is 10.0. The highest BCUT2D eigenvalue weighted by Gasteiger charge is 2.30. The van der Waals surface area contributed by atoms with E-state index in [-0.39, 0.29) is 22.3 Å². The van der Waals surface area contributed by atoms with Gasteiger partial charge in [-0.2, -0.15) is 0 Å². The van der Waals surface area contributed by atoms with E-state index in [4.69, 9.17) is 4.74 Å². The Balaban J connectivity index is 1.56. The van der Waals surface area contributed by atoms with Crippen molar-refractivity contribution >= 4 is 32.4 Å². The number of nitrogens with one attached hydrogen (secondary N) is 2. The van der Waals surface area contributed by atoms with Crippen molar-refractivity contribution < 1.29 is 17.9 Å². The van der Waals surface area contributed by atoms with Gasteiger partial charge in [-0.3, -0.25) is 10.1 Å². The molecule has 1 aliphatic rings. The summed E-state index contributed by atoms with van der Waals surface area (Å²) >= 11 is 1.32. The second-order valence-corrected chi connectivity index (χ2v) is 10.1. The molecule has 1 saturated carbocycles. The van der Waals surface area contributed by atoms with Crippen molar-refractivity contribution in [3.8, 4) is 17.0 Å². The van der Waals surface area contributed by atoms with Gasteiger partial charge in [-0.1, -0.05) is 23.8 Å². The van der Waals surface area contributed by atoms with Crippen LogP contribution in [0.5, 0.6) is 5.75 Å². The third kappa shape index (κ3) is 4.79. The number of carbonyl (C=O) groups excluding carboxylic acids is 1. The van der Waals surface area contributed by atoms with E-state index in [1.807, 2.05) is 31.4 Å². The highest BCUT2D eigenvalue weighted by Crippen LogP contribution is 2.30. The first-order valence-corrected chi connectivity index (χ1v) is 12.2. The Morgan fingerprint density at radius 1 is 1.16 bits per heavy atom. The van der Waals surface area contributed by atoms with Crippen LogP contribution in [0.2, 0.25) is 0 Å². The van der Waals surface area contributed by atoms with Crippen LogP contribution in [0.15, 0.2) is 46.7 Å². The summed E-state index contributed by atoms with van der Waals surface area (Å²) < 4.78 is 33.2. The van der Waals surface area contributed by atoms with E-state index in [2.05, 4.69) is 21.1 Å². The molecule has 1 aliphatic carbocycles. The maximum atomic E-state index is 12.8. The zero-order chi connectivity index (χ0) is 22.2. The fourth-order valence-electron chi connectivity index (χ4n) is 3.24. The number of methoxy groups -OCH3 is 1. The molecule has 4 rings (SSSR count). The topological polar surface area (TPSA) is 97.4 Å². The van der Waals surface area contributed by atoms with E-state index >= 15 is 0 Å². The first kappa shape index (κ1) is 21.5. The number of sulfonamides is 1. The van der Waals surface area contributed by atoms with Gasteiger partial charge in [-0.15, -0.1) is 11.3 Å². The largest absolute Gasteiger partial charge is 0.495 e. The van der Waals surface area contributed by atoms with Gasteiger partial charge in [0.15, 0.2) is 5.13 Å². The number of anilines is 1. The molecule has 0 radical (unpaired) electrons. The Bertz CT molecular complexity index is 1250. The van der Waals surface area contributed by atoms with E-state index < -0.39 is 15.9 Å². The number of rotatable bonds is 7. The zero-order valence-corrected chi connectivity index (χ0v) is 19.1. The van der Waals surface area contributed by atoms with Crippen molar-refractivity contribution in [3.63, 3.8) is 0 Å². The second-order valence-electron chi connectivity index (χ2n) is 7.57. The summed E-state index contributed by atoms with van der Waals surface area (Å²) in [5.74, 6) is -0.247. The van der Waals surface area contributed by atoms with Gasteiger partial charge in [0.05, 0.1) is 12.8 Å². The number of benzene rings is 2. The fraction of sp³-hybridized carbons (Fsp3) is 0.273. The van der Waals surface area contributed by atoms with Crippen LogP contribution in [0.3, 0.4) is 0 Å². The summed E-state index contributed by atoms with van der Waals surface area (Å²) in [5, 5.41) is 5.09. The van der Waals surface area contributed by atoms with Crippen LogP contribution in [0.25, 0.3) is 11.3 Å². The molecule has 1 aromatic heterocycles. The Morgan fingerprint density at radius 2 is 1.94 bits per heavy atom. The Hall–Kier alpha value is -2.75. The van der Waals surface area contributed by atoms with Crippen LogP contribution < -0.4 is 14.8 Å². The van der Waals surface area contributed by atoms with Gasteiger partial charge in [-0.25, -0.2) is 18.1 Å². The molecule has 3 aromatic rings. The average molecular weight is 458 g/mol. The minimum Gasteiger partial charge on any atom is -0.495 e. The van der Waals surface area contributed by atoms with Crippen molar-refractivity contribution in [2.24, 2.45) is 0 Å². The van der Waals surface area contributed by atoms with Crippen LogP contribution in [0.4, 0.5) is 5.13 Å². The van der Waals surface area contributed by atoms with Crippen LogP contribution in [0.1, 0.15) is 34.3 Å². The molecule has 2 N–H and O–H groups in total. The average Bonchev–Trinajstić information content (AvgIpc) is 3.41. The third-order valence-electron chi connectivity index (χ3n) is 5.00. The molecule has 162 valence electrons. The first-order chi connectivity index (χ1) is 14.8. The minimum atomic E-state index is -3.78. The molecule has 0 saturated heterocycles. The lowest BCUT2D eigenvalue weighted by molar-refractivity contribution is 0.102. The summed E-state index contributed by atoms with van der Waals surface area (Å²) in [6.07, 6.45) is 1.63. The van der Waals surface area contributed by atoms with Gasteiger partial charge < -0.3 is 4.74 Å². The normalized spacial score (nSPS) is 13.8. The molecule has 0 aliphatic heterocycles. The van der Waals surface area contributed by atoms with Crippen LogP contribution in [-0.4, -0.2) is 32.5 Å². The molecule has 31 heavy (non-hydrogen) atoms. The van der Waals surface area contributed by atoms with E-state index in [0.717, 1.165) is 29.7 Å². The zero-order valence-electron chi connectivity index (χ0n) is 17.4. The number of ether oxygens (including phenoxy) is 1. The molecule has 1 fully saturated rings. The summed E-state index contributed by atoms with van der Waals surface area (Å²) in [4.78, 5) is 17.3. The molecule has 0 atom stereocenters. The predicted octanol–water partition coefficient (Wildman–Crippen LogP) is 4.13.